The fraction of sp³-hybridized carbons (Fsp3) is 0.522. The van der Waals surface area contributed by atoms with E-state index in [-0.39, 0.29) is 23.8 Å². The predicted octanol–water partition coefficient (Wildman–Crippen LogP) is 2.64. The maximum absolute atomic E-state index is 13.1. The predicted molar refractivity (Wildman–Crippen MR) is 109 cm³/mol. The minimum absolute atomic E-state index is 0.0272. The molecule has 4 heterocycles. The molecule has 1 atom stereocenters. The molecule has 1 aromatic carbocycles. The van der Waals surface area contributed by atoms with Gasteiger partial charge in [0.25, 0.3) is 5.91 Å². The third kappa shape index (κ3) is 3.74. The number of hydrogen-bond acceptors (Lipinski definition) is 5. The summed E-state index contributed by atoms with van der Waals surface area (Å²) in [5.41, 5.74) is 1.81. The number of carbonyl (C=O) groups is 2. The molecular formula is C23H27N3O4. The number of benzene rings is 1. The number of hydrogen-bond donors (Lipinski definition) is 0. The highest BCUT2D eigenvalue weighted by atomic mass is 16.5. The Morgan fingerprint density at radius 3 is 2.50 bits per heavy atom. The van der Waals surface area contributed by atoms with Gasteiger partial charge in [-0.1, -0.05) is 18.2 Å². The molecule has 0 aliphatic carbocycles. The van der Waals surface area contributed by atoms with Gasteiger partial charge in [0.2, 0.25) is 11.8 Å². The van der Waals surface area contributed by atoms with Gasteiger partial charge in [-0.15, -0.1) is 0 Å². The number of piperidine rings is 1. The van der Waals surface area contributed by atoms with E-state index in [1.165, 1.54) is 0 Å². The monoisotopic (exact) mass is 409 g/mol. The van der Waals surface area contributed by atoms with E-state index in [1.807, 2.05) is 40.1 Å². The standard InChI is InChI=1S/C23H27N3O4/c27-22(17-8-11-25(12-9-17)23(28)20-7-4-14-29-20)26-13-10-19-18(15-26)24-21(30-19)16-5-2-1-3-6-16/h1-3,5-6,17,20H,4,7-15H2. The van der Waals surface area contributed by atoms with Gasteiger partial charge in [-0.2, -0.15) is 0 Å². The molecule has 0 saturated carbocycles. The van der Waals surface area contributed by atoms with E-state index in [0.29, 0.717) is 57.9 Å². The Labute approximate surface area is 176 Å². The van der Waals surface area contributed by atoms with Crippen LogP contribution in [0.2, 0.25) is 0 Å². The highest BCUT2D eigenvalue weighted by Crippen LogP contribution is 2.28. The van der Waals surface area contributed by atoms with E-state index in [4.69, 9.17) is 9.15 Å². The molecule has 2 fully saturated rings. The van der Waals surface area contributed by atoms with Crippen molar-refractivity contribution >= 4 is 11.8 Å². The smallest absolute Gasteiger partial charge is 0.251 e. The first-order chi connectivity index (χ1) is 14.7. The van der Waals surface area contributed by atoms with E-state index in [1.54, 1.807) is 0 Å². The molecule has 0 N–H and O–H groups in total. The number of carbonyl (C=O) groups excluding carboxylic acids is 2. The third-order valence-corrected chi connectivity index (χ3v) is 6.42. The Hall–Kier alpha value is -2.67. The lowest BCUT2D eigenvalue weighted by atomic mass is 9.94. The van der Waals surface area contributed by atoms with Gasteiger partial charge in [0, 0.05) is 44.1 Å². The first kappa shape index (κ1) is 19.3. The average molecular weight is 409 g/mol. The second-order valence-electron chi connectivity index (χ2n) is 8.37. The maximum Gasteiger partial charge on any atom is 0.251 e. The van der Waals surface area contributed by atoms with Crippen LogP contribution in [0.4, 0.5) is 0 Å². The van der Waals surface area contributed by atoms with Crippen LogP contribution in [0, 0.1) is 5.92 Å². The normalized spacial score (nSPS) is 22.2. The van der Waals surface area contributed by atoms with Crippen molar-refractivity contribution in [2.45, 2.75) is 44.8 Å². The lowest BCUT2D eigenvalue weighted by Gasteiger charge is -2.35. The van der Waals surface area contributed by atoms with Crippen LogP contribution in [0.1, 0.15) is 37.1 Å². The van der Waals surface area contributed by atoms with Gasteiger partial charge in [0.1, 0.15) is 17.6 Å². The molecule has 2 aromatic rings. The molecule has 0 radical (unpaired) electrons. The molecule has 5 rings (SSSR count). The molecule has 7 nitrogen and oxygen atoms in total. The van der Waals surface area contributed by atoms with E-state index in [2.05, 4.69) is 4.98 Å². The zero-order valence-electron chi connectivity index (χ0n) is 17.1. The van der Waals surface area contributed by atoms with Crippen LogP contribution < -0.4 is 0 Å². The molecule has 3 aliphatic heterocycles. The molecule has 3 aliphatic rings. The Bertz CT molecular complexity index is 912. The number of fused-ring (bicyclic) bond motifs is 1. The van der Waals surface area contributed by atoms with Crippen molar-refractivity contribution in [3.05, 3.63) is 41.8 Å². The number of likely N-dealkylation sites (tertiary alicyclic amines) is 1. The number of amides is 2. The Morgan fingerprint density at radius 1 is 0.967 bits per heavy atom. The molecule has 30 heavy (non-hydrogen) atoms. The summed E-state index contributed by atoms with van der Waals surface area (Å²) in [6.07, 6.45) is 3.62. The zero-order valence-corrected chi connectivity index (χ0v) is 17.1. The van der Waals surface area contributed by atoms with E-state index < -0.39 is 0 Å². The van der Waals surface area contributed by atoms with Crippen LogP contribution in [0.3, 0.4) is 0 Å². The molecule has 2 saturated heterocycles. The number of aromatic nitrogens is 1. The Balaban J connectivity index is 1.19. The van der Waals surface area contributed by atoms with Gasteiger partial charge in [-0.25, -0.2) is 4.98 Å². The summed E-state index contributed by atoms with van der Waals surface area (Å²) in [6, 6.07) is 9.85. The summed E-state index contributed by atoms with van der Waals surface area (Å²) in [4.78, 5) is 34.1. The number of oxazole rings is 1. The fourth-order valence-electron chi connectivity index (χ4n) is 4.67. The second-order valence-corrected chi connectivity index (χ2v) is 8.37. The van der Waals surface area contributed by atoms with Crippen LogP contribution in [0.5, 0.6) is 0 Å². The third-order valence-electron chi connectivity index (χ3n) is 6.42. The van der Waals surface area contributed by atoms with Crippen LogP contribution >= 0.6 is 0 Å². The van der Waals surface area contributed by atoms with Gasteiger partial charge in [0.15, 0.2) is 0 Å². The molecule has 0 bridgehead atoms. The highest BCUT2D eigenvalue weighted by Gasteiger charge is 2.35. The van der Waals surface area contributed by atoms with Gasteiger partial charge in [-0.05, 0) is 37.8 Å². The Kier molecular flexibility index (Phi) is 5.29. The van der Waals surface area contributed by atoms with Gasteiger partial charge in [0.05, 0.1) is 6.54 Å². The summed E-state index contributed by atoms with van der Waals surface area (Å²) in [7, 11) is 0. The lowest BCUT2D eigenvalue weighted by molar-refractivity contribution is -0.146. The molecule has 1 unspecified atom stereocenters. The van der Waals surface area contributed by atoms with Crippen LogP contribution in [0.25, 0.3) is 11.5 Å². The molecule has 1 aromatic heterocycles. The number of rotatable bonds is 3. The quantitative estimate of drug-likeness (QED) is 0.779. The number of ether oxygens (including phenoxy) is 1. The van der Waals surface area contributed by atoms with Gasteiger partial charge in [-0.3, -0.25) is 9.59 Å². The first-order valence-corrected chi connectivity index (χ1v) is 10.9. The van der Waals surface area contributed by atoms with Crippen molar-refractivity contribution in [1.82, 2.24) is 14.8 Å². The molecule has 2 amide bonds. The molecule has 158 valence electrons. The number of nitrogens with zero attached hydrogens (tertiary/aromatic N) is 3. The molecular weight excluding hydrogens is 382 g/mol. The van der Waals surface area contributed by atoms with Crippen molar-refractivity contribution in [3.63, 3.8) is 0 Å². The van der Waals surface area contributed by atoms with E-state index in [9.17, 15) is 9.59 Å². The van der Waals surface area contributed by atoms with Crippen LogP contribution in [-0.4, -0.2) is 58.9 Å². The average Bonchev–Trinajstić information content (AvgIpc) is 3.48. The fourth-order valence-corrected chi connectivity index (χ4v) is 4.67. The summed E-state index contributed by atoms with van der Waals surface area (Å²) >= 11 is 0. The summed E-state index contributed by atoms with van der Waals surface area (Å²) in [5.74, 6) is 1.75. The van der Waals surface area contributed by atoms with Crippen LogP contribution in [-0.2, 0) is 27.3 Å². The summed E-state index contributed by atoms with van der Waals surface area (Å²) in [5, 5.41) is 0. The maximum atomic E-state index is 13.1. The minimum atomic E-state index is -0.274. The SMILES string of the molecule is O=C(C1CCN(C(=O)C2CCCO2)CC1)N1CCc2oc(-c3ccccc3)nc2C1. The Morgan fingerprint density at radius 2 is 1.77 bits per heavy atom. The summed E-state index contributed by atoms with van der Waals surface area (Å²) in [6.45, 7) is 3.10. The van der Waals surface area contributed by atoms with Crippen molar-refractivity contribution in [2.24, 2.45) is 5.92 Å². The van der Waals surface area contributed by atoms with Crippen molar-refractivity contribution in [2.75, 3.05) is 26.2 Å². The molecule has 0 spiro atoms. The lowest BCUT2D eigenvalue weighted by Crippen LogP contribution is -2.47. The van der Waals surface area contributed by atoms with Crippen LogP contribution in [0.15, 0.2) is 34.7 Å². The first-order valence-electron chi connectivity index (χ1n) is 10.9. The minimum Gasteiger partial charge on any atom is -0.441 e. The zero-order chi connectivity index (χ0) is 20.5. The van der Waals surface area contributed by atoms with Crippen molar-refractivity contribution < 1.29 is 18.7 Å². The molecule has 7 heteroatoms. The van der Waals surface area contributed by atoms with Crippen molar-refractivity contribution in [3.8, 4) is 11.5 Å². The topological polar surface area (TPSA) is 75.9 Å². The van der Waals surface area contributed by atoms with Gasteiger partial charge < -0.3 is 19.0 Å². The summed E-state index contributed by atoms with van der Waals surface area (Å²) < 4.78 is 11.5. The van der Waals surface area contributed by atoms with Gasteiger partial charge >= 0.3 is 0 Å². The van der Waals surface area contributed by atoms with E-state index in [0.717, 1.165) is 29.9 Å². The van der Waals surface area contributed by atoms with E-state index >= 15 is 0 Å². The largest absolute Gasteiger partial charge is 0.441 e. The highest BCUT2D eigenvalue weighted by molar-refractivity contribution is 5.82. The second kappa shape index (κ2) is 8.22. The van der Waals surface area contributed by atoms with Crippen molar-refractivity contribution in [1.29, 1.82) is 0 Å².